The summed E-state index contributed by atoms with van der Waals surface area (Å²) in [7, 11) is 0. The van der Waals surface area contributed by atoms with Crippen LogP contribution in [-0.2, 0) is 11.3 Å². The van der Waals surface area contributed by atoms with Crippen molar-refractivity contribution in [3.63, 3.8) is 0 Å². The Morgan fingerprint density at radius 3 is 2.83 bits per heavy atom. The summed E-state index contributed by atoms with van der Waals surface area (Å²) in [6, 6.07) is 13.7. The smallest absolute Gasteiger partial charge is 0.267 e. The number of nitrogens with one attached hydrogen (secondary N) is 1. The number of hydrogen-bond donors (Lipinski definition) is 1. The van der Waals surface area contributed by atoms with Crippen molar-refractivity contribution >= 4 is 34.5 Å². The lowest BCUT2D eigenvalue weighted by Gasteiger charge is -2.08. The molecule has 3 rings (SSSR count). The van der Waals surface area contributed by atoms with E-state index in [1.165, 1.54) is 17.4 Å². The lowest BCUT2D eigenvalue weighted by molar-refractivity contribution is -0.117. The molecule has 0 saturated carbocycles. The molecule has 1 aromatic carbocycles. The van der Waals surface area contributed by atoms with Gasteiger partial charge in [0.1, 0.15) is 12.2 Å². The second-order valence-electron chi connectivity index (χ2n) is 4.75. The molecule has 0 bridgehead atoms. The second kappa shape index (κ2) is 6.76. The van der Waals surface area contributed by atoms with Gasteiger partial charge in [0, 0.05) is 16.8 Å². The fourth-order valence-corrected chi connectivity index (χ4v) is 2.90. The van der Waals surface area contributed by atoms with Crippen molar-refractivity contribution in [2.24, 2.45) is 0 Å². The van der Waals surface area contributed by atoms with Gasteiger partial charge in [0.2, 0.25) is 5.91 Å². The molecule has 0 aliphatic carbocycles. The number of carbonyl (C=O) groups excluding carboxylic acids is 1. The zero-order valence-electron chi connectivity index (χ0n) is 11.9. The Morgan fingerprint density at radius 1 is 1.22 bits per heavy atom. The van der Waals surface area contributed by atoms with E-state index in [4.69, 9.17) is 11.6 Å². The third-order valence-corrected chi connectivity index (χ3v) is 4.17. The number of benzene rings is 1. The van der Waals surface area contributed by atoms with E-state index in [1.807, 2.05) is 17.5 Å². The maximum atomic E-state index is 12.1. The molecule has 7 heteroatoms. The molecule has 5 nitrogen and oxygen atoms in total. The van der Waals surface area contributed by atoms with E-state index in [0.717, 1.165) is 9.56 Å². The molecule has 116 valence electrons. The number of rotatable bonds is 4. The molecule has 0 radical (unpaired) electrons. The molecular weight excluding hydrogens is 334 g/mol. The number of aromatic nitrogens is 2. The highest BCUT2D eigenvalue weighted by atomic mass is 35.5. The van der Waals surface area contributed by atoms with Crippen molar-refractivity contribution in [2.75, 3.05) is 5.32 Å². The second-order valence-corrected chi connectivity index (χ2v) is 6.13. The summed E-state index contributed by atoms with van der Waals surface area (Å²) in [4.78, 5) is 24.9. The maximum absolute atomic E-state index is 12.1. The van der Waals surface area contributed by atoms with Crippen molar-refractivity contribution in [1.29, 1.82) is 0 Å². The Labute approximate surface area is 141 Å². The Kier molecular flexibility index (Phi) is 4.55. The molecule has 3 aromatic rings. The van der Waals surface area contributed by atoms with Gasteiger partial charge >= 0.3 is 0 Å². The molecule has 0 aliphatic rings. The van der Waals surface area contributed by atoms with Gasteiger partial charge in [-0.2, -0.15) is 5.10 Å². The monoisotopic (exact) mass is 345 g/mol. The van der Waals surface area contributed by atoms with E-state index in [9.17, 15) is 9.59 Å². The number of carbonyl (C=O) groups is 1. The fraction of sp³-hybridized carbons (Fsp3) is 0.0625. The van der Waals surface area contributed by atoms with Crippen LogP contribution in [0.5, 0.6) is 0 Å². The highest BCUT2D eigenvalue weighted by molar-refractivity contribution is 7.13. The third-order valence-electron chi connectivity index (χ3n) is 3.04. The molecule has 2 heterocycles. The molecule has 2 aromatic heterocycles. The van der Waals surface area contributed by atoms with Crippen LogP contribution in [0.2, 0.25) is 5.02 Å². The van der Waals surface area contributed by atoms with E-state index >= 15 is 0 Å². The summed E-state index contributed by atoms with van der Waals surface area (Å²) in [6.07, 6.45) is 0. The SMILES string of the molecule is O=C(Cn1nc(-c2cccs2)ccc1=O)Nc1cccc(Cl)c1. The highest BCUT2D eigenvalue weighted by Gasteiger charge is 2.09. The van der Waals surface area contributed by atoms with Crippen LogP contribution in [-0.4, -0.2) is 15.7 Å². The Bertz CT molecular complexity index is 890. The third kappa shape index (κ3) is 3.85. The van der Waals surface area contributed by atoms with Crippen LogP contribution in [0, 0.1) is 0 Å². The predicted molar refractivity (Wildman–Crippen MR) is 91.9 cm³/mol. The zero-order valence-corrected chi connectivity index (χ0v) is 13.5. The van der Waals surface area contributed by atoms with Crippen molar-refractivity contribution in [3.05, 3.63) is 69.3 Å². The van der Waals surface area contributed by atoms with E-state index in [-0.39, 0.29) is 18.0 Å². The lowest BCUT2D eigenvalue weighted by Crippen LogP contribution is -2.29. The largest absolute Gasteiger partial charge is 0.324 e. The van der Waals surface area contributed by atoms with Crippen LogP contribution in [0.3, 0.4) is 0 Å². The van der Waals surface area contributed by atoms with Crippen LogP contribution in [0.4, 0.5) is 5.69 Å². The van der Waals surface area contributed by atoms with Crippen molar-refractivity contribution in [3.8, 4) is 10.6 Å². The molecule has 0 saturated heterocycles. The van der Waals surface area contributed by atoms with Crippen LogP contribution in [0.25, 0.3) is 10.6 Å². The molecular formula is C16H12ClN3O2S. The van der Waals surface area contributed by atoms with Gasteiger partial charge in [-0.1, -0.05) is 23.7 Å². The molecule has 23 heavy (non-hydrogen) atoms. The number of anilines is 1. The standard InChI is InChI=1S/C16H12ClN3O2S/c17-11-3-1-4-12(9-11)18-15(21)10-20-16(22)7-6-13(19-20)14-5-2-8-23-14/h1-9H,10H2,(H,18,21). The Balaban J connectivity index is 1.78. The minimum absolute atomic E-state index is 0.162. The van der Waals surface area contributed by atoms with E-state index in [1.54, 1.807) is 30.3 Å². The summed E-state index contributed by atoms with van der Waals surface area (Å²) in [5, 5.41) is 9.39. The molecule has 0 spiro atoms. The van der Waals surface area contributed by atoms with Gasteiger partial charge in [0.15, 0.2) is 0 Å². The number of amides is 1. The predicted octanol–water partition coefficient (Wildman–Crippen LogP) is 3.26. The quantitative estimate of drug-likeness (QED) is 0.789. The lowest BCUT2D eigenvalue weighted by atomic mass is 10.3. The molecule has 1 N–H and O–H groups in total. The van der Waals surface area contributed by atoms with Gasteiger partial charge in [-0.3, -0.25) is 9.59 Å². The number of halogens is 1. The van der Waals surface area contributed by atoms with Gasteiger partial charge in [-0.25, -0.2) is 4.68 Å². The molecule has 0 aliphatic heterocycles. The summed E-state index contributed by atoms with van der Waals surface area (Å²) >= 11 is 7.39. The van der Waals surface area contributed by atoms with Crippen LogP contribution < -0.4 is 10.9 Å². The van der Waals surface area contributed by atoms with Crippen molar-refractivity contribution < 1.29 is 4.79 Å². The zero-order chi connectivity index (χ0) is 16.2. The van der Waals surface area contributed by atoms with Gasteiger partial charge in [-0.15, -0.1) is 11.3 Å². The van der Waals surface area contributed by atoms with Crippen molar-refractivity contribution in [2.45, 2.75) is 6.54 Å². The summed E-state index contributed by atoms with van der Waals surface area (Å²) in [6.45, 7) is -0.162. The summed E-state index contributed by atoms with van der Waals surface area (Å²) < 4.78 is 1.15. The maximum Gasteiger partial charge on any atom is 0.267 e. The normalized spacial score (nSPS) is 10.5. The van der Waals surface area contributed by atoms with Crippen molar-refractivity contribution in [1.82, 2.24) is 9.78 Å². The molecule has 0 fully saturated rings. The first-order chi connectivity index (χ1) is 11.1. The topological polar surface area (TPSA) is 64.0 Å². The summed E-state index contributed by atoms with van der Waals surface area (Å²) in [5.74, 6) is -0.342. The highest BCUT2D eigenvalue weighted by Crippen LogP contribution is 2.21. The summed E-state index contributed by atoms with van der Waals surface area (Å²) in [5.41, 5.74) is 0.909. The van der Waals surface area contributed by atoms with Gasteiger partial charge < -0.3 is 5.32 Å². The van der Waals surface area contributed by atoms with Crippen LogP contribution >= 0.6 is 22.9 Å². The van der Waals surface area contributed by atoms with Crippen LogP contribution in [0.15, 0.2) is 58.7 Å². The molecule has 1 amide bonds. The average molecular weight is 346 g/mol. The Morgan fingerprint density at radius 2 is 2.09 bits per heavy atom. The number of hydrogen-bond acceptors (Lipinski definition) is 4. The fourth-order valence-electron chi connectivity index (χ4n) is 2.02. The minimum Gasteiger partial charge on any atom is -0.324 e. The number of thiophene rings is 1. The van der Waals surface area contributed by atoms with E-state index < -0.39 is 0 Å². The first kappa shape index (κ1) is 15.5. The Hall–Kier alpha value is -2.44. The van der Waals surface area contributed by atoms with Gasteiger partial charge in [0.25, 0.3) is 5.56 Å². The van der Waals surface area contributed by atoms with E-state index in [0.29, 0.717) is 16.4 Å². The van der Waals surface area contributed by atoms with Crippen LogP contribution in [0.1, 0.15) is 0 Å². The van der Waals surface area contributed by atoms with Gasteiger partial charge in [-0.05, 0) is 35.7 Å². The van der Waals surface area contributed by atoms with Gasteiger partial charge in [0.05, 0.1) is 4.88 Å². The molecule has 0 atom stereocenters. The molecule has 0 unspecified atom stereocenters. The average Bonchev–Trinajstić information content (AvgIpc) is 3.04. The van der Waals surface area contributed by atoms with E-state index in [2.05, 4.69) is 10.4 Å². The first-order valence-corrected chi connectivity index (χ1v) is 8.05. The number of nitrogens with zero attached hydrogens (tertiary/aromatic N) is 2. The minimum atomic E-state index is -0.342. The first-order valence-electron chi connectivity index (χ1n) is 6.79.